The number of methoxy groups -OCH3 is 1. The number of esters is 1. The van der Waals surface area contributed by atoms with Gasteiger partial charge in [-0.25, -0.2) is 13.2 Å². The van der Waals surface area contributed by atoms with Gasteiger partial charge in [0.25, 0.3) is 15.9 Å². The number of benzene rings is 2. The first-order valence-electron chi connectivity index (χ1n) is 10.6. The van der Waals surface area contributed by atoms with E-state index < -0.39 is 16.0 Å². The highest BCUT2D eigenvalue weighted by atomic mass is 32.2. The molecule has 0 spiro atoms. The summed E-state index contributed by atoms with van der Waals surface area (Å²) < 4.78 is 38.7. The third kappa shape index (κ3) is 5.59. The molecule has 0 atom stereocenters. The molecule has 9 heteroatoms. The van der Waals surface area contributed by atoms with Crippen LogP contribution in [0.2, 0.25) is 0 Å². The molecule has 2 aromatic carbocycles. The summed E-state index contributed by atoms with van der Waals surface area (Å²) in [7, 11) is -2.52. The highest BCUT2D eigenvalue weighted by Gasteiger charge is 2.24. The Hall–Kier alpha value is -3.07. The van der Waals surface area contributed by atoms with Gasteiger partial charge in [0, 0.05) is 18.8 Å². The minimum atomic E-state index is -3.97. The molecule has 0 radical (unpaired) electrons. The number of carbonyl (C=O) groups excluding carboxylic acids is 2. The number of sulfonamides is 1. The number of likely N-dealkylation sites (tertiary alicyclic amines) is 1. The first-order chi connectivity index (χ1) is 15.4. The number of nitrogens with one attached hydrogen (secondary N) is 1. The van der Waals surface area contributed by atoms with Crippen molar-refractivity contribution >= 4 is 27.6 Å². The van der Waals surface area contributed by atoms with Crippen molar-refractivity contribution in [2.45, 2.75) is 37.5 Å². The van der Waals surface area contributed by atoms with Crippen molar-refractivity contribution < 1.29 is 27.5 Å². The molecule has 1 amide bonds. The minimum absolute atomic E-state index is 0.0501. The van der Waals surface area contributed by atoms with Crippen molar-refractivity contribution in [1.29, 1.82) is 0 Å². The molecule has 1 N–H and O–H groups in total. The van der Waals surface area contributed by atoms with Crippen molar-refractivity contribution in [1.82, 2.24) is 4.90 Å². The largest absolute Gasteiger partial charge is 0.496 e. The molecule has 0 aliphatic carbocycles. The van der Waals surface area contributed by atoms with Crippen LogP contribution in [0.5, 0.6) is 5.75 Å². The molecule has 1 aliphatic heterocycles. The first-order valence-corrected chi connectivity index (χ1v) is 12.1. The van der Waals surface area contributed by atoms with E-state index >= 15 is 0 Å². The predicted octanol–water partition coefficient (Wildman–Crippen LogP) is 3.69. The summed E-state index contributed by atoms with van der Waals surface area (Å²) in [6, 6.07) is 10.2. The fraction of sp³-hybridized carbons (Fsp3) is 0.391. The zero-order valence-corrected chi connectivity index (χ0v) is 19.1. The second-order valence-corrected chi connectivity index (χ2v) is 9.15. The maximum atomic E-state index is 13.1. The molecule has 0 saturated carbocycles. The third-order valence-corrected chi connectivity index (χ3v) is 6.63. The van der Waals surface area contributed by atoms with E-state index in [1.807, 2.05) is 0 Å². The zero-order chi connectivity index (χ0) is 23.1. The lowest BCUT2D eigenvalue weighted by Crippen LogP contribution is -2.32. The van der Waals surface area contributed by atoms with Crippen molar-refractivity contribution in [2.24, 2.45) is 0 Å². The molecule has 8 nitrogen and oxygen atoms in total. The van der Waals surface area contributed by atoms with E-state index in [1.165, 1.54) is 49.6 Å². The van der Waals surface area contributed by atoms with Crippen LogP contribution in [0, 0.1) is 0 Å². The van der Waals surface area contributed by atoms with Gasteiger partial charge in [0.1, 0.15) is 5.75 Å². The summed E-state index contributed by atoms with van der Waals surface area (Å²) in [4.78, 5) is 26.6. The predicted molar refractivity (Wildman–Crippen MR) is 121 cm³/mol. The van der Waals surface area contributed by atoms with Crippen LogP contribution in [0.4, 0.5) is 5.69 Å². The van der Waals surface area contributed by atoms with E-state index in [4.69, 9.17) is 9.47 Å². The SMILES string of the molecule is CCOC(=O)c1ccc(NS(=O)(=O)c2ccc(OC)c(C(=O)N3CCCCCC3)c2)cc1. The Morgan fingerprint density at radius 1 is 1.00 bits per heavy atom. The average molecular weight is 461 g/mol. The van der Waals surface area contributed by atoms with Crippen LogP contribution in [0.15, 0.2) is 47.4 Å². The summed E-state index contributed by atoms with van der Waals surface area (Å²) in [5.41, 5.74) is 0.828. The molecule has 0 unspecified atom stereocenters. The Bertz CT molecular complexity index is 1060. The molecule has 2 aromatic rings. The maximum absolute atomic E-state index is 13.1. The Morgan fingerprint density at radius 3 is 2.25 bits per heavy atom. The molecule has 32 heavy (non-hydrogen) atoms. The number of rotatable bonds is 7. The lowest BCUT2D eigenvalue weighted by molar-refractivity contribution is 0.0526. The van der Waals surface area contributed by atoms with Crippen molar-refractivity contribution in [3.8, 4) is 5.75 Å². The number of hydrogen-bond acceptors (Lipinski definition) is 6. The lowest BCUT2D eigenvalue weighted by Gasteiger charge is -2.22. The lowest BCUT2D eigenvalue weighted by atomic mass is 10.1. The van der Waals surface area contributed by atoms with Crippen molar-refractivity contribution in [2.75, 3.05) is 31.5 Å². The van der Waals surface area contributed by atoms with Crippen LogP contribution < -0.4 is 9.46 Å². The molecular weight excluding hydrogens is 432 g/mol. The third-order valence-electron chi connectivity index (χ3n) is 5.25. The first kappa shape index (κ1) is 23.6. The number of hydrogen-bond donors (Lipinski definition) is 1. The Labute approximate surface area is 188 Å². The van der Waals surface area contributed by atoms with Crippen molar-refractivity contribution in [3.05, 3.63) is 53.6 Å². The zero-order valence-electron chi connectivity index (χ0n) is 18.3. The molecule has 1 aliphatic rings. The maximum Gasteiger partial charge on any atom is 0.338 e. The van der Waals surface area contributed by atoms with Gasteiger partial charge in [0.15, 0.2) is 0 Å². The standard InChI is InChI=1S/C23H28N2O6S/c1-3-31-23(27)17-8-10-18(11-9-17)24-32(28,29)19-12-13-21(30-2)20(16-19)22(26)25-14-6-4-5-7-15-25/h8-13,16,24H,3-7,14-15H2,1-2H3. The van der Waals surface area contributed by atoms with Crippen LogP contribution >= 0.6 is 0 Å². The summed E-state index contributed by atoms with van der Waals surface area (Å²) in [5, 5.41) is 0. The van der Waals surface area contributed by atoms with Crippen LogP contribution in [-0.2, 0) is 14.8 Å². The molecule has 1 heterocycles. The Kier molecular flexibility index (Phi) is 7.74. The summed E-state index contributed by atoms with van der Waals surface area (Å²) in [5.74, 6) is -0.384. The second kappa shape index (κ2) is 10.5. The van der Waals surface area contributed by atoms with Gasteiger partial charge in [0.05, 0.1) is 29.7 Å². The monoisotopic (exact) mass is 460 g/mol. The molecule has 0 aromatic heterocycles. The van der Waals surface area contributed by atoms with Crippen LogP contribution in [-0.4, -0.2) is 52.0 Å². The highest BCUT2D eigenvalue weighted by Crippen LogP contribution is 2.26. The summed E-state index contributed by atoms with van der Waals surface area (Å²) >= 11 is 0. The van der Waals surface area contributed by atoms with Crippen LogP contribution in [0.3, 0.4) is 0 Å². The van der Waals surface area contributed by atoms with E-state index in [-0.39, 0.29) is 28.7 Å². The summed E-state index contributed by atoms with van der Waals surface area (Å²) in [6.45, 7) is 3.25. The van der Waals surface area contributed by atoms with Crippen LogP contribution in [0.25, 0.3) is 0 Å². The number of nitrogens with zero attached hydrogens (tertiary/aromatic N) is 1. The number of ether oxygens (including phenoxy) is 2. The van der Waals surface area contributed by atoms with Gasteiger partial charge in [-0.2, -0.15) is 0 Å². The number of amides is 1. The van der Waals surface area contributed by atoms with E-state index in [0.29, 0.717) is 24.4 Å². The van der Waals surface area contributed by atoms with Gasteiger partial charge in [-0.05, 0) is 62.2 Å². The summed E-state index contributed by atoms with van der Waals surface area (Å²) in [6.07, 6.45) is 4.01. The topological polar surface area (TPSA) is 102 Å². The number of carbonyl (C=O) groups is 2. The number of anilines is 1. The second-order valence-electron chi connectivity index (χ2n) is 7.47. The van der Waals surface area contributed by atoms with E-state index in [2.05, 4.69) is 4.72 Å². The van der Waals surface area contributed by atoms with Gasteiger partial charge in [-0.15, -0.1) is 0 Å². The molecule has 172 valence electrons. The molecule has 1 fully saturated rings. The normalized spacial score (nSPS) is 14.4. The van der Waals surface area contributed by atoms with Gasteiger partial charge in [-0.3, -0.25) is 9.52 Å². The van der Waals surface area contributed by atoms with Gasteiger partial charge >= 0.3 is 5.97 Å². The Balaban J connectivity index is 1.84. The Morgan fingerprint density at radius 2 is 1.66 bits per heavy atom. The van der Waals surface area contributed by atoms with Crippen molar-refractivity contribution in [3.63, 3.8) is 0 Å². The molecule has 1 saturated heterocycles. The highest BCUT2D eigenvalue weighted by molar-refractivity contribution is 7.92. The molecule has 0 bridgehead atoms. The fourth-order valence-electron chi connectivity index (χ4n) is 3.57. The van der Waals surface area contributed by atoms with Gasteiger partial charge in [0.2, 0.25) is 0 Å². The quantitative estimate of drug-likeness (QED) is 0.633. The molecule has 3 rings (SSSR count). The van der Waals surface area contributed by atoms with Gasteiger partial charge < -0.3 is 14.4 Å². The van der Waals surface area contributed by atoms with E-state index in [9.17, 15) is 18.0 Å². The molecular formula is C23H28N2O6S. The minimum Gasteiger partial charge on any atom is -0.496 e. The van der Waals surface area contributed by atoms with Gasteiger partial charge in [-0.1, -0.05) is 12.8 Å². The van der Waals surface area contributed by atoms with E-state index in [1.54, 1.807) is 11.8 Å². The smallest absolute Gasteiger partial charge is 0.338 e. The van der Waals surface area contributed by atoms with Crippen LogP contribution in [0.1, 0.15) is 53.3 Å². The average Bonchev–Trinajstić information content (AvgIpc) is 3.08. The fourth-order valence-corrected chi connectivity index (χ4v) is 4.65. The van der Waals surface area contributed by atoms with E-state index in [0.717, 1.165) is 25.7 Å².